The Hall–Kier alpha value is -2.39. The summed E-state index contributed by atoms with van der Waals surface area (Å²) in [6, 6.07) is 14.6. The molecule has 28 heavy (non-hydrogen) atoms. The SMILES string of the molecule is C=C(C)C(=O)Oc1cc(CCCO)ccc1-c1ccc(C2CCCCC2)cc1. The van der Waals surface area contributed by atoms with Crippen molar-refractivity contribution in [2.45, 2.75) is 57.8 Å². The minimum atomic E-state index is -0.417. The fourth-order valence-electron chi connectivity index (χ4n) is 3.89. The molecule has 0 radical (unpaired) electrons. The zero-order valence-electron chi connectivity index (χ0n) is 16.7. The first-order valence-corrected chi connectivity index (χ1v) is 10.3. The Morgan fingerprint density at radius 1 is 1.11 bits per heavy atom. The van der Waals surface area contributed by atoms with Crippen LogP contribution in [0.15, 0.2) is 54.6 Å². The second-order valence-corrected chi connectivity index (χ2v) is 7.78. The number of esters is 1. The molecule has 0 aliphatic heterocycles. The third kappa shape index (κ3) is 5.11. The van der Waals surface area contributed by atoms with E-state index < -0.39 is 5.97 Å². The summed E-state index contributed by atoms with van der Waals surface area (Å²) in [7, 11) is 0. The standard InChI is InChI=1S/C25H30O3/c1-18(2)25(27)28-24-17-19(7-6-16-26)10-15-23(24)22-13-11-21(12-14-22)20-8-4-3-5-9-20/h10-15,17,20,26H,1,3-9,16H2,2H3. The van der Waals surface area contributed by atoms with Crippen LogP contribution in [0.3, 0.4) is 0 Å². The Kier molecular flexibility index (Phi) is 7.05. The first-order chi connectivity index (χ1) is 13.6. The molecule has 0 aromatic heterocycles. The first kappa shape index (κ1) is 20.3. The van der Waals surface area contributed by atoms with E-state index in [-0.39, 0.29) is 6.61 Å². The van der Waals surface area contributed by atoms with Crippen LogP contribution in [0.1, 0.15) is 62.5 Å². The third-order valence-electron chi connectivity index (χ3n) is 5.52. The molecule has 3 nitrogen and oxygen atoms in total. The number of carbonyl (C=O) groups is 1. The second-order valence-electron chi connectivity index (χ2n) is 7.78. The van der Waals surface area contributed by atoms with Crippen LogP contribution in [-0.2, 0) is 11.2 Å². The molecule has 3 rings (SSSR count). The van der Waals surface area contributed by atoms with Gasteiger partial charge in [0.2, 0.25) is 0 Å². The van der Waals surface area contributed by atoms with E-state index in [2.05, 4.69) is 30.8 Å². The van der Waals surface area contributed by atoms with Crippen molar-refractivity contribution in [1.82, 2.24) is 0 Å². The van der Waals surface area contributed by atoms with Gasteiger partial charge in [-0.15, -0.1) is 0 Å². The van der Waals surface area contributed by atoms with Crippen molar-refractivity contribution in [3.63, 3.8) is 0 Å². The Morgan fingerprint density at radius 3 is 2.46 bits per heavy atom. The van der Waals surface area contributed by atoms with Gasteiger partial charge in [0.25, 0.3) is 0 Å². The highest BCUT2D eigenvalue weighted by Crippen LogP contribution is 2.36. The van der Waals surface area contributed by atoms with Gasteiger partial charge in [-0.2, -0.15) is 0 Å². The van der Waals surface area contributed by atoms with Crippen LogP contribution in [0, 0.1) is 0 Å². The van der Waals surface area contributed by atoms with Gasteiger partial charge in [0, 0.05) is 17.7 Å². The average molecular weight is 379 g/mol. The minimum absolute atomic E-state index is 0.144. The highest BCUT2D eigenvalue weighted by molar-refractivity contribution is 5.90. The van der Waals surface area contributed by atoms with Crippen molar-refractivity contribution < 1.29 is 14.6 Å². The topological polar surface area (TPSA) is 46.5 Å². The number of hydrogen-bond donors (Lipinski definition) is 1. The molecular weight excluding hydrogens is 348 g/mol. The molecule has 1 aliphatic rings. The quantitative estimate of drug-likeness (QED) is 0.376. The Morgan fingerprint density at radius 2 is 1.82 bits per heavy atom. The number of aliphatic hydroxyl groups is 1. The number of carbonyl (C=O) groups excluding carboxylic acids is 1. The van der Waals surface area contributed by atoms with Gasteiger partial charge in [-0.3, -0.25) is 0 Å². The lowest BCUT2D eigenvalue weighted by atomic mass is 9.83. The maximum atomic E-state index is 12.1. The zero-order chi connectivity index (χ0) is 19.9. The summed E-state index contributed by atoms with van der Waals surface area (Å²) in [6.45, 7) is 5.47. The minimum Gasteiger partial charge on any atom is -0.423 e. The van der Waals surface area contributed by atoms with E-state index in [1.54, 1.807) is 6.92 Å². The normalized spacial score (nSPS) is 14.6. The van der Waals surface area contributed by atoms with Gasteiger partial charge < -0.3 is 9.84 Å². The molecule has 0 unspecified atom stereocenters. The van der Waals surface area contributed by atoms with Gasteiger partial charge >= 0.3 is 5.97 Å². The van der Waals surface area contributed by atoms with E-state index in [1.807, 2.05) is 18.2 Å². The molecule has 1 fully saturated rings. The maximum Gasteiger partial charge on any atom is 0.338 e. The summed E-state index contributed by atoms with van der Waals surface area (Å²) in [6.07, 6.45) is 7.99. The largest absolute Gasteiger partial charge is 0.423 e. The summed E-state index contributed by atoms with van der Waals surface area (Å²) < 4.78 is 5.63. The van der Waals surface area contributed by atoms with E-state index in [0.717, 1.165) is 23.1 Å². The summed E-state index contributed by atoms with van der Waals surface area (Å²) in [5, 5.41) is 9.08. The first-order valence-electron chi connectivity index (χ1n) is 10.3. The maximum absolute atomic E-state index is 12.1. The molecule has 0 amide bonds. The molecule has 0 saturated heterocycles. The number of aliphatic hydroxyl groups excluding tert-OH is 1. The van der Waals surface area contributed by atoms with Gasteiger partial charge in [0.1, 0.15) is 5.75 Å². The molecular formula is C25H30O3. The molecule has 0 spiro atoms. The van der Waals surface area contributed by atoms with Crippen LogP contribution in [0.2, 0.25) is 0 Å². The number of benzene rings is 2. The van der Waals surface area contributed by atoms with Gasteiger partial charge in [-0.25, -0.2) is 4.79 Å². The highest BCUT2D eigenvalue weighted by atomic mass is 16.5. The van der Waals surface area contributed by atoms with Gasteiger partial charge in [-0.1, -0.05) is 62.2 Å². The van der Waals surface area contributed by atoms with Crippen molar-refractivity contribution in [2.75, 3.05) is 6.61 Å². The van der Waals surface area contributed by atoms with Crippen LogP contribution >= 0.6 is 0 Å². The molecule has 2 aromatic rings. The Balaban J connectivity index is 1.88. The Bertz CT molecular complexity index is 814. The number of rotatable bonds is 7. The summed E-state index contributed by atoms with van der Waals surface area (Å²) in [5.41, 5.74) is 4.76. The number of ether oxygens (including phenoxy) is 1. The van der Waals surface area contributed by atoms with Gasteiger partial charge in [-0.05, 0) is 61.3 Å². The zero-order valence-corrected chi connectivity index (χ0v) is 16.7. The molecule has 0 heterocycles. The molecule has 1 saturated carbocycles. The second kappa shape index (κ2) is 9.70. The van der Waals surface area contributed by atoms with E-state index in [0.29, 0.717) is 23.7 Å². The highest BCUT2D eigenvalue weighted by Gasteiger charge is 2.17. The molecule has 3 heteroatoms. The van der Waals surface area contributed by atoms with E-state index >= 15 is 0 Å². The number of hydrogen-bond acceptors (Lipinski definition) is 3. The average Bonchev–Trinajstić information content (AvgIpc) is 2.73. The predicted octanol–water partition coefficient (Wildman–Crippen LogP) is 5.81. The lowest BCUT2D eigenvalue weighted by molar-refractivity contribution is -0.130. The van der Waals surface area contributed by atoms with Crippen LogP contribution in [0.4, 0.5) is 0 Å². The monoisotopic (exact) mass is 378 g/mol. The van der Waals surface area contributed by atoms with Crippen molar-refractivity contribution in [2.24, 2.45) is 0 Å². The van der Waals surface area contributed by atoms with Crippen molar-refractivity contribution in [1.29, 1.82) is 0 Å². The smallest absolute Gasteiger partial charge is 0.338 e. The number of aryl methyl sites for hydroxylation is 1. The molecule has 0 atom stereocenters. The van der Waals surface area contributed by atoms with E-state index in [9.17, 15) is 4.79 Å². The van der Waals surface area contributed by atoms with Crippen molar-refractivity contribution in [3.05, 3.63) is 65.7 Å². The molecule has 0 bridgehead atoms. The molecule has 2 aromatic carbocycles. The summed E-state index contributed by atoms with van der Waals surface area (Å²) >= 11 is 0. The predicted molar refractivity (Wildman–Crippen MR) is 114 cm³/mol. The van der Waals surface area contributed by atoms with Crippen LogP contribution in [-0.4, -0.2) is 17.7 Å². The fourth-order valence-corrected chi connectivity index (χ4v) is 3.89. The summed E-state index contributed by atoms with van der Waals surface area (Å²) in [4.78, 5) is 12.1. The van der Waals surface area contributed by atoms with Crippen LogP contribution < -0.4 is 4.74 Å². The lowest BCUT2D eigenvalue weighted by Crippen LogP contribution is -2.09. The third-order valence-corrected chi connectivity index (χ3v) is 5.52. The van der Waals surface area contributed by atoms with Crippen molar-refractivity contribution in [3.8, 4) is 16.9 Å². The summed E-state index contributed by atoms with van der Waals surface area (Å²) in [5.74, 6) is 0.803. The lowest BCUT2D eigenvalue weighted by Gasteiger charge is -2.22. The van der Waals surface area contributed by atoms with Gasteiger partial charge in [0.15, 0.2) is 0 Å². The van der Waals surface area contributed by atoms with Crippen molar-refractivity contribution >= 4 is 5.97 Å². The van der Waals surface area contributed by atoms with E-state index in [1.165, 1.54) is 37.7 Å². The van der Waals surface area contributed by atoms with Gasteiger partial charge in [0.05, 0.1) is 0 Å². The fraction of sp³-hybridized carbons (Fsp3) is 0.400. The van der Waals surface area contributed by atoms with Crippen LogP contribution in [0.25, 0.3) is 11.1 Å². The van der Waals surface area contributed by atoms with E-state index in [4.69, 9.17) is 9.84 Å². The molecule has 148 valence electrons. The molecule has 1 aliphatic carbocycles. The van der Waals surface area contributed by atoms with Crippen LogP contribution in [0.5, 0.6) is 5.75 Å². The molecule has 1 N–H and O–H groups in total. The Labute approximate surface area is 168 Å².